The Kier molecular flexibility index (Phi) is 6.06. The SMILES string of the molecule is CCCCC[C@](C)(CCC(C)=O)Nc1nc(N)nc2cccnc12. The molecule has 0 radical (unpaired) electrons. The summed E-state index contributed by atoms with van der Waals surface area (Å²) in [7, 11) is 0. The van der Waals surface area contributed by atoms with Gasteiger partial charge in [-0.2, -0.15) is 4.98 Å². The van der Waals surface area contributed by atoms with Crippen molar-refractivity contribution in [1.29, 1.82) is 0 Å². The Morgan fingerprint density at radius 2 is 2.08 bits per heavy atom. The summed E-state index contributed by atoms with van der Waals surface area (Å²) in [5, 5.41) is 3.51. The number of anilines is 2. The maximum Gasteiger partial charge on any atom is 0.222 e. The highest BCUT2D eigenvalue weighted by Crippen LogP contribution is 2.28. The molecular weight excluding hydrogens is 302 g/mol. The molecular formula is C18H27N5O. The molecule has 2 rings (SSSR count). The number of hydrogen-bond donors (Lipinski definition) is 2. The third-order valence-corrected chi connectivity index (χ3v) is 4.25. The Hall–Kier alpha value is -2.24. The summed E-state index contributed by atoms with van der Waals surface area (Å²) in [5.41, 5.74) is 7.04. The summed E-state index contributed by atoms with van der Waals surface area (Å²) in [6.07, 6.45) is 7.41. The van der Waals surface area contributed by atoms with Crippen molar-refractivity contribution in [1.82, 2.24) is 15.0 Å². The average Bonchev–Trinajstić information content (AvgIpc) is 2.53. The van der Waals surface area contributed by atoms with E-state index in [1.165, 1.54) is 6.42 Å². The number of carbonyl (C=O) groups is 1. The van der Waals surface area contributed by atoms with Crippen molar-refractivity contribution >= 4 is 28.6 Å². The first kappa shape index (κ1) is 18.1. The molecule has 130 valence electrons. The van der Waals surface area contributed by atoms with Crippen molar-refractivity contribution < 1.29 is 4.79 Å². The van der Waals surface area contributed by atoms with Gasteiger partial charge in [-0.05, 0) is 38.8 Å². The number of ketones is 1. The average molecular weight is 329 g/mol. The summed E-state index contributed by atoms with van der Waals surface area (Å²) in [6.45, 7) is 5.95. The quantitative estimate of drug-likeness (QED) is 0.681. The van der Waals surface area contributed by atoms with E-state index in [4.69, 9.17) is 5.73 Å². The molecule has 3 N–H and O–H groups in total. The van der Waals surface area contributed by atoms with Crippen LogP contribution >= 0.6 is 0 Å². The normalized spacial score (nSPS) is 13.6. The third-order valence-electron chi connectivity index (χ3n) is 4.25. The first-order valence-electron chi connectivity index (χ1n) is 8.59. The van der Waals surface area contributed by atoms with Crippen LogP contribution in [-0.2, 0) is 4.79 Å². The van der Waals surface area contributed by atoms with E-state index in [1.807, 2.05) is 12.1 Å². The highest BCUT2D eigenvalue weighted by molar-refractivity contribution is 5.86. The molecule has 0 spiro atoms. The van der Waals surface area contributed by atoms with E-state index in [9.17, 15) is 4.79 Å². The molecule has 6 heteroatoms. The second-order valence-corrected chi connectivity index (χ2v) is 6.65. The topological polar surface area (TPSA) is 93.8 Å². The van der Waals surface area contributed by atoms with Gasteiger partial charge in [-0.15, -0.1) is 0 Å². The van der Waals surface area contributed by atoms with Crippen molar-refractivity contribution in [2.45, 2.75) is 64.8 Å². The number of nitrogen functional groups attached to an aromatic ring is 1. The molecule has 2 aromatic rings. The third kappa shape index (κ3) is 4.88. The number of unbranched alkanes of at least 4 members (excludes halogenated alkanes) is 2. The van der Waals surface area contributed by atoms with Crippen LogP contribution in [0.25, 0.3) is 11.0 Å². The zero-order chi connectivity index (χ0) is 17.6. The first-order valence-corrected chi connectivity index (χ1v) is 8.59. The number of hydrogen-bond acceptors (Lipinski definition) is 6. The van der Waals surface area contributed by atoms with Gasteiger partial charge in [0.1, 0.15) is 11.3 Å². The summed E-state index contributed by atoms with van der Waals surface area (Å²) >= 11 is 0. The smallest absolute Gasteiger partial charge is 0.222 e. The molecule has 0 aliphatic carbocycles. The zero-order valence-electron chi connectivity index (χ0n) is 14.8. The number of nitrogens with one attached hydrogen (secondary N) is 1. The van der Waals surface area contributed by atoms with Crippen molar-refractivity contribution in [3.8, 4) is 0 Å². The molecule has 0 aliphatic rings. The highest BCUT2D eigenvalue weighted by atomic mass is 16.1. The summed E-state index contributed by atoms with van der Waals surface area (Å²) < 4.78 is 0. The number of pyridine rings is 1. The van der Waals surface area contributed by atoms with E-state index in [-0.39, 0.29) is 17.3 Å². The van der Waals surface area contributed by atoms with Crippen molar-refractivity contribution in [2.75, 3.05) is 11.1 Å². The van der Waals surface area contributed by atoms with E-state index in [1.54, 1.807) is 13.1 Å². The maximum absolute atomic E-state index is 11.5. The van der Waals surface area contributed by atoms with Crippen molar-refractivity contribution in [2.24, 2.45) is 0 Å². The molecule has 2 aromatic heterocycles. The Balaban J connectivity index is 2.29. The minimum absolute atomic E-state index is 0.198. The van der Waals surface area contributed by atoms with Gasteiger partial charge in [-0.1, -0.05) is 26.2 Å². The number of carbonyl (C=O) groups excluding carboxylic acids is 1. The fourth-order valence-electron chi connectivity index (χ4n) is 2.83. The molecule has 0 aromatic carbocycles. The van der Waals surface area contributed by atoms with Crippen molar-refractivity contribution in [3.05, 3.63) is 18.3 Å². The molecule has 6 nitrogen and oxygen atoms in total. The molecule has 0 unspecified atom stereocenters. The van der Waals surface area contributed by atoms with E-state index >= 15 is 0 Å². The van der Waals surface area contributed by atoms with Gasteiger partial charge in [0.15, 0.2) is 5.82 Å². The van der Waals surface area contributed by atoms with Gasteiger partial charge in [-0.25, -0.2) is 4.98 Å². The lowest BCUT2D eigenvalue weighted by Gasteiger charge is -2.32. The lowest BCUT2D eigenvalue weighted by molar-refractivity contribution is -0.117. The molecule has 0 saturated carbocycles. The maximum atomic E-state index is 11.5. The Morgan fingerprint density at radius 1 is 1.29 bits per heavy atom. The van der Waals surface area contributed by atoms with Crippen LogP contribution in [0.5, 0.6) is 0 Å². The van der Waals surface area contributed by atoms with Gasteiger partial charge in [0.25, 0.3) is 0 Å². The fraction of sp³-hybridized carbons (Fsp3) is 0.556. The number of Topliss-reactive ketones (excluding diaryl/α,β-unsaturated/α-hetero) is 1. The van der Waals surface area contributed by atoms with Crippen LogP contribution < -0.4 is 11.1 Å². The fourth-order valence-corrected chi connectivity index (χ4v) is 2.83. The molecule has 2 heterocycles. The van der Waals surface area contributed by atoms with Gasteiger partial charge in [0.05, 0.1) is 5.52 Å². The van der Waals surface area contributed by atoms with Gasteiger partial charge in [0, 0.05) is 18.2 Å². The van der Waals surface area contributed by atoms with Crippen molar-refractivity contribution in [3.63, 3.8) is 0 Å². The standard InChI is InChI=1S/C18H27N5O/c1-4-5-6-10-18(3,11-9-13(2)24)23-16-15-14(8-7-12-20-15)21-17(19)22-16/h7-8,12H,4-6,9-11H2,1-3H3,(H3,19,21,22,23)/t18-/m1/s1. The number of nitrogens with two attached hydrogens (primary N) is 1. The van der Waals surface area contributed by atoms with Gasteiger partial charge in [-0.3, -0.25) is 4.98 Å². The summed E-state index contributed by atoms with van der Waals surface area (Å²) in [6, 6.07) is 3.70. The number of aromatic nitrogens is 3. The lowest BCUT2D eigenvalue weighted by Crippen LogP contribution is -2.36. The van der Waals surface area contributed by atoms with E-state index in [0.29, 0.717) is 17.8 Å². The summed E-state index contributed by atoms with van der Waals surface area (Å²) in [4.78, 5) is 24.4. The first-order chi connectivity index (χ1) is 11.4. The minimum atomic E-state index is -0.230. The van der Waals surface area contributed by atoms with E-state index < -0.39 is 0 Å². The van der Waals surface area contributed by atoms with Gasteiger partial charge in [0.2, 0.25) is 5.95 Å². The largest absolute Gasteiger partial charge is 0.368 e. The van der Waals surface area contributed by atoms with Crippen LogP contribution in [0.4, 0.5) is 11.8 Å². The van der Waals surface area contributed by atoms with E-state index in [2.05, 4.69) is 34.1 Å². The lowest BCUT2D eigenvalue weighted by atomic mass is 9.88. The number of nitrogens with zero attached hydrogens (tertiary/aromatic N) is 3. The predicted molar refractivity (Wildman–Crippen MR) is 97.8 cm³/mol. The van der Waals surface area contributed by atoms with Gasteiger partial charge >= 0.3 is 0 Å². The summed E-state index contributed by atoms with van der Waals surface area (Å²) in [5.74, 6) is 1.06. The van der Waals surface area contributed by atoms with Crippen LogP contribution in [-0.4, -0.2) is 26.3 Å². The minimum Gasteiger partial charge on any atom is -0.368 e. The molecule has 0 amide bonds. The van der Waals surface area contributed by atoms with Crippen LogP contribution in [0.3, 0.4) is 0 Å². The Morgan fingerprint density at radius 3 is 2.79 bits per heavy atom. The Bertz CT molecular complexity index is 703. The molecule has 24 heavy (non-hydrogen) atoms. The predicted octanol–water partition coefficient (Wildman–Crippen LogP) is 3.73. The molecule has 0 bridgehead atoms. The van der Waals surface area contributed by atoms with Crippen LogP contribution in [0, 0.1) is 0 Å². The second kappa shape index (κ2) is 8.04. The number of fused-ring (bicyclic) bond motifs is 1. The van der Waals surface area contributed by atoms with Gasteiger partial charge < -0.3 is 15.8 Å². The van der Waals surface area contributed by atoms with E-state index in [0.717, 1.165) is 31.2 Å². The number of rotatable bonds is 9. The molecule has 0 aliphatic heterocycles. The molecule has 1 atom stereocenters. The van der Waals surface area contributed by atoms with Crippen LogP contribution in [0.1, 0.15) is 59.3 Å². The van der Waals surface area contributed by atoms with Crippen LogP contribution in [0.2, 0.25) is 0 Å². The molecule has 0 fully saturated rings. The Labute approximate surface area is 143 Å². The molecule has 0 saturated heterocycles. The zero-order valence-corrected chi connectivity index (χ0v) is 14.8. The second-order valence-electron chi connectivity index (χ2n) is 6.65. The highest BCUT2D eigenvalue weighted by Gasteiger charge is 2.26. The monoisotopic (exact) mass is 329 g/mol. The van der Waals surface area contributed by atoms with Crippen LogP contribution in [0.15, 0.2) is 18.3 Å².